The lowest BCUT2D eigenvalue weighted by Crippen LogP contribution is -2.62. The van der Waals surface area contributed by atoms with Gasteiger partial charge in [0.1, 0.15) is 90.6 Å². The Hall–Kier alpha value is -12.2. The van der Waals surface area contributed by atoms with Crippen molar-refractivity contribution in [2.75, 3.05) is 26.2 Å². The molecule has 2 aromatic rings. The molecule has 43 heteroatoms. The van der Waals surface area contributed by atoms with E-state index in [1.165, 1.54) is 18.7 Å². The molecular weight excluding hydrogens is 1640 g/mol. The van der Waals surface area contributed by atoms with Gasteiger partial charge in [-0.3, -0.25) is 87.5 Å². The van der Waals surface area contributed by atoms with Crippen molar-refractivity contribution in [1.29, 1.82) is 10.8 Å². The fourth-order valence-electron chi connectivity index (χ4n) is 13.5. The van der Waals surface area contributed by atoms with Crippen molar-refractivity contribution < 1.29 is 107 Å². The molecule has 702 valence electrons. The lowest BCUT2D eigenvalue weighted by Gasteiger charge is -2.31. The average Bonchev–Trinajstić information content (AvgIpc) is 1.61. The molecule has 0 spiro atoms. The van der Waals surface area contributed by atoms with E-state index in [2.05, 4.69) is 79.8 Å². The molecule has 0 aliphatic carbocycles. The molecule has 0 unspecified atom stereocenters. The van der Waals surface area contributed by atoms with Crippen LogP contribution in [0.25, 0.3) is 0 Å². The van der Waals surface area contributed by atoms with Crippen LogP contribution in [0.3, 0.4) is 0 Å². The summed E-state index contributed by atoms with van der Waals surface area (Å²) in [7, 11) is 0. The van der Waals surface area contributed by atoms with Crippen LogP contribution in [0.5, 0.6) is 0 Å². The highest BCUT2D eigenvalue weighted by molar-refractivity contribution is 6.01. The van der Waals surface area contributed by atoms with Crippen LogP contribution < -0.4 is 97.0 Å². The number of likely N-dealkylation sites (tertiary alicyclic amines) is 1. The average molecular weight is 1780 g/mol. The summed E-state index contributed by atoms with van der Waals surface area (Å²) in [6.07, 6.45) is -4.48. The second-order valence-electron chi connectivity index (χ2n) is 33.2. The van der Waals surface area contributed by atoms with E-state index in [4.69, 9.17) is 28.0 Å². The van der Waals surface area contributed by atoms with Crippen molar-refractivity contribution in [3.63, 3.8) is 0 Å². The second kappa shape index (κ2) is 54.6. The van der Waals surface area contributed by atoms with Gasteiger partial charge < -0.3 is 127 Å². The summed E-state index contributed by atoms with van der Waals surface area (Å²) in [4.78, 5) is 238. The van der Waals surface area contributed by atoms with E-state index in [1.54, 1.807) is 123 Å². The standard InChI is InChI=1S/C83H133N21O22/c1-13-46(10)65(102-71(115)53(28-21-33-90-83(87)88)93-77(121)61-29-22-34-104(61)80(124)60(37-44(6)7)100-68(112)51(84)41-105)78(122)94-54(30-31-62(107)108)69(113)98-59(40-63(109)110)76(120)103-66(48(12)106)79(123)99-56(36-43(4)5)74(118)96-57(38-49-23-16-14-17-24-49)72(116)91-47(11)67(111)95-55(35-42(2)3)73(117)97-58(39-50-25-18-15-19-26-50)75(119)92-52(27-20-32-89-82(85)86)70(114)101-64(45(8)9)81(125)126/h14-19,23-26,42-48,51-61,64-66,105-106H,13,20-22,27-41,84H2,1-12H3,(H,91,116)(H,92,119)(H,93,121)(H,94,122)(H,95,111)(H,96,118)(H,97,117)(H,98,113)(H,99,123)(H,100,112)(H,101,114)(H,102,115)(H,103,120)(H,107,108)(H,109,110)(H,125,126)(H4,85,86,89)(H4,87,88,90)/t46-,47-,48+,51-,52-,53-,54-,55-,56-,57-,58-,59-,60-,61-,64-,65-,66-/m0/s1. The number of rotatable bonds is 56. The number of hydrogen-bond donors (Lipinski definition) is 25. The molecule has 1 saturated heterocycles. The molecule has 0 radical (unpaired) electrons. The maximum atomic E-state index is 14.7. The molecule has 1 aliphatic heterocycles. The Bertz CT molecular complexity index is 4030. The maximum absolute atomic E-state index is 14.7. The first-order valence-corrected chi connectivity index (χ1v) is 42.4. The summed E-state index contributed by atoms with van der Waals surface area (Å²) in [5, 5.41) is 104. The van der Waals surface area contributed by atoms with Gasteiger partial charge in [-0.15, -0.1) is 0 Å². The quantitative estimate of drug-likeness (QED) is 0.0172. The molecule has 126 heavy (non-hydrogen) atoms. The van der Waals surface area contributed by atoms with Crippen LogP contribution in [0.15, 0.2) is 60.7 Å². The minimum atomic E-state index is -2.17. The number of aliphatic hydroxyl groups is 2. The van der Waals surface area contributed by atoms with Crippen LogP contribution in [-0.2, 0) is 94.3 Å². The number of hydrogen-bond acceptors (Lipinski definition) is 22. The van der Waals surface area contributed by atoms with Gasteiger partial charge in [-0.25, -0.2) is 4.79 Å². The Morgan fingerprint density at radius 1 is 0.444 bits per heavy atom. The lowest BCUT2D eigenvalue weighted by molar-refractivity contribution is -0.144. The first-order chi connectivity index (χ1) is 59.2. The monoisotopic (exact) mass is 1780 g/mol. The zero-order valence-electron chi connectivity index (χ0n) is 73.7. The predicted octanol–water partition coefficient (Wildman–Crippen LogP) is -3.72. The predicted molar refractivity (Wildman–Crippen MR) is 460 cm³/mol. The SMILES string of the molecule is CC[C@H](C)[C@H](NC(=O)[C@H](CCCNC(=N)N)NC(=O)[C@@H]1CCCN1C(=O)[C@H](CC(C)C)NC(=O)[C@@H](N)CO)C(=O)N[C@@H](CCC(=O)O)C(=O)N[C@@H](CC(=O)O)C(=O)N[C@H](C(=O)N[C@@H](CC(C)C)C(=O)N[C@@H](Cc1ccccc1)C(=O)N[C@@H](C)C(=O)N[C@@H](CC(C)C)C(=O)N[C@@H](Cc1ccccc1)C(=O)N[C@@H](CCCNC(=N)N)C(=O)N[C@H](C(=O)O)C(C)C)[C@@H](C)O. The number of aliphatic carboxylic acids is 3. The molecule has 1 fully saturated rings. The van der Waals surface area contributed by atoms with Gasteiger partial charge in [0.2, 0.25) is 82.7 Å². The van der Waals surface area contributed by atoms with Gasteiger partial charge in [-0.1, -0.05) is 136 Å². The Balaban J connectivity index is 1.95. The third-order valence-electron chi connectivity index (χ3n) is 20.6. The van der Waals surface area contributed by atoms with E-state index in [0.717, 1.165) is 6.92 Å². The summed E-state index contributed by atoms with van der Waals surface area (Å²) in [5.74, 6) is -21.3. The molecular formula is C83H133N21O22. The lowest BCUT2D eigenvalue weighted by atomic mass is 9.96. The van der Waals surface area contributed by atoms with Crippen molar-refractivity contribution in [3.05, 3.63) is 71.8 Å². The fourth-order valence-corrected chi connectivity index (χ4v) is 13.5. The fraction of sp³-hybridized carbons (Fsp3) is 0.627. The Morgan fingerprint density at radius 3 is 1.27 bits per heavy atom. The number of carboxylic acids is 3. The highest BCUT2D eigenvalue weighted by Gasteiger charge is 2.43. The zero-order valence-corrected chi connectivity index (χ0v) is 73.7. The summed E-state index contributed by atoms with van der Waals surface area (Å²) >= 11 is 0. The topological polar surface area (TPSA) is 701 Å². The molecule has 1 aliphatic rings. The molecule has 43 nitrogen and oxygen atoms in total. The van der Waals surface area contributed by atoms with Crippen molar-refractivity contribution in [2.45, 2.75) is 276 Å². The van der Waals surface area contributed by atoms with Crippen molar-refractivity contribution in [3.8, 4) is 0 Å². The largest absolute Gasteiger partial charge is 0.481 e. The zero-order chi connectivity index (χ0) is 94.9. The van der Waals surface area contributed by atoms with Gasteiger partial charge in [0.25, 0.3) is 0 Å². The number of nitrogens with zero attached hydrogens (tertiary/aromatic N) is 1. The summed E-state index contributed by atoms with van der Waals surface area (Å²) in [6, 6.07) is -6.29. The minimum absolute atomic E-state index is 0.0220. The molecule has 2 aromatic carbocycles. The second-order valence-corrected chi connectivity index (χ2v) is 33.2. The number of carboxylic acid groups (broad SMARTS) is 3. The van der Waals surface area contributed by atoms with Crippen LogP contribution in [0.1, 0.15) is 178 Å². The summed E-state index contributed by atoms with van der Waals surface area (Å²) in [6.45, 7) is 18.6. The number of guanidine groups is 2. The summed E-state index contributed by atoms with van der Waals surface area (Å²) < 4.78 is 0. The third kappa shape index (κ3) is 38.5. The summed E-state index contributed by atoms with van der Waals surface area (Å²) in [5.41, 5.74) is 17.7. The number of carbonyl (C=O) groups excluding carboxylic acids is 14. The number of nitrogens with one attached hydrogen (secondary N) is 17. The van der Waals surface area contributed by atoms with Crippen molar-refractivity contribution in [1.82, 2.24) is 84.7 Å². The van der Waals surface area contributed by atoms with Crippen molar-refractivity contribution in [2.24, 2.45) is 46.8 Å². The first-order valence-electron chi connectivity index (χ1n) is 42.4. The first kappa shape index (κ1) is 108. The van der Waals surface area contributed by atoms with Crippen molar-refractivity contribution >= 4 is 113 Å². The molecule has 28 N–H and O–H groups in total. The maximum Gasteiger partial charge on any atom is 0.326 e. The van der Waals surface area contributed by atoms with Gasteiger partial charge in [-0.05, 0) is 119 Å². The number of carbonyl (C=O) groups is 17. The van der Waals surface area contributed by atoms with Crippen LogP contribution in [0, 0.1) is 40.4 Å². The molecule has 17 atom stereocenters. The van der Waals surface area contributed by atoms with E-state index >= 15 is 0 Å². The van der Waals surface area contributed by atoms with Gasteiger partial charge in [-0.2, -0.15) is 0 Å². The highest BCUT2D eigenvalue weighted by atomic mass is 16.4. The number of aliphatic hydroxyl groups excluding tert-OH is 2. The molecule has 1 heterocycles. The van der Waals surface area contributed by atoms with Gasteiger partial charge in [0.05, 0.1) is 19.1 Å². The molecule has 0 saturated carbocycles. The Labute approximate surface area is 733 Å². The Kier molecular flexibility index (Phi) is 46.8. The minimum Gasteiger partial charge on any atom is -0.481 e. The molecule has 0 bridgehead atoms. The normalized spacial score (nSPS) is 16.3. The molecule has 0 aromatic heterocycles. The number of benzene rings is 2. The van der Waals surface area contributed by atoms with E-state index in [1.807, 2.05) is 0 Å². The number of nitrogens with two attached hydrogens (primary N) is 3. The van der Waals surface area contributed by atoms with Crippen LogP contribution in [-0.4, -0.2) is 266 Å². The highest BCUT2D eigenvalue weighted by Crippen LogP contribution is 2.23. The van der Waals surface area contributed by atoms with E-state index in [-0.39, 0.29) is 108 Å². The Morgan fingerprint density at radius 2 is 0.825 bits per heavy atom. The molecule has 14 amide bonds. The smallest absolute Gasteiger partial charge is 0.326 e. The van der Waals surface area contributed by atoms with Gasteiger partial charge >= 0.3 is 17.9 Å². The number of amides is 14. The molecule has 3 rings (SSSR count). The van der Waals surface area contributed by atoms with Gasteiger partial charge in [0, 0.05) is 38.9 Å². The van der Waals surface area contributed by atoms with E-state index < -0.39 is 247 Å². The van der Waals surface area contributed by atoms with Crippen LogP contribution in [0.4, 0.5) is 0 Å². The third-order valence-corrected chi connectivity index (χ3v) is 20.6. The van der Waals surface area contributed by atoms with E-state index in [0.29, 0.717) is 17.5 Å². The van der Waals surface area contributed by atoms with Crippen LogP contribution >= 0.6 is 0 Å². The van der Waals surface area contributed by atoms with Gasteiger partial charge in [0.15, 0.2) is 11.9 Å². The van der Waals surface area contributed by atoms with Crippen LogP contribution in [0.2, 0.25) is 0 Å². The van der Waals surface area contributed by atoms with E-state index in [9.17, 15) is 107 Å².